The summed E-state index contributed by atoms with van der Waals surface area (Å²) in [7, 11) is 0. The van der Waals surface area contributed by atoms with Crippen LogP contribution in [0.3, 0.4) is 0 Å². The molecule has 2 aromatic heterocycles. The van der Waals surface area contributed by atoms with Crippen molar-refractivity contribution in [3.8, 4) is 5.75 Å². The Morgan fingerprint density at radius 3 is 2.31 bits per heavy atom. The zero-order valence-corrected chi connectivity index (χ0v) is 29.4. The molecule has 2 aromatic carbocycles. The van der Waals surface area contributed by atoms with Gasteiger partial charge in [0.2, 0.25) is 23.6 Å². The van der Waals surface area contributed by atoms with Gasteiger partial charge in [-0.2, -0.15) is 0 Å². The molecule has 3 atom stereocenters. The molecule has 276 valence electrons. The van der Waals surface area contributed by atoms with Crippen LogP contribution in [0.25, 0.3) is 10.9 Å². The molecule has 4 heterocycles. The number of carbonyl (C=O) groups excluding carboxylic acids is 4. The first kappa shape index (κ1) is 37.7. The van der Waals surface area contributed by atoms with Crippen LogP contribution in [0, 0.1) is 6.92 Å². The van der Waals surface area contributed by atoms with Gasteiger partial charge in [0.05, 0.1) is 5.69 Å². The third kappa shape index (κ3) is 10.3. The Labute approximate surface area is 301 Å². The number of aromatic hydroxyl groups is 1. The number of hydrogen-bond donors (Lipinski definition) is 8. The number of aromatic nitrogens is 3. The minimum atomic E-state index is -1.11. The van der Waals surface area contributed by atoms with Gasteiger partial charge in [-0.1, -0.05) is 30.3 Å². The Bertz CT molecular complexity index is 1920. The molecule has 2 bridgehead atoms. The maximum absolute atomic E-state index is 14.1. The molecule has 0 fully saturated rings. The number of aromatic amines is 2. The lowest BCUT2D eigenvalue weighted by atomic mass is 10.0. The van der Waals surface area contributed by atoms with Gasteiger partial charge >= 0.3 is 0 Å². The SMILES string of the molecule is Cc1nc2c(=O)[nH]c1CCC(=O)N[C@H](Cc1ccc(O)cc1)C(=O)N[C@@H](Cc1c[nH]c3ccccc13)C(=O)N[C@H](CCCCN)C(=O)NCCCC2. The zero-order valence-electron chi connectivity index (χ0n) is 29.4. The monoisotopic (exact) mass is 712 g/mol. The van der Waals surface area contributed by atoms with Crippen molar-refractivity contribution in [2.75, 3.05) is 13.1 Å². The van der Waals surface area contributed by atoms with Crippen LogP contribution < -0.4 is 32.6 Å². The van der Waals surface area contributed by atoms with Crippen molar-refractivity contribution in [3.05, 3.63) is 93.3 Å². The molecule has 52 heavy (non-hydrogen) atoms. The number of nitrogens with zero attached hydrogens (tertiary/aromatic N) is 1. The molecule has 0 saturated heterocycles. The predicted molar refractivity (Wildman–Crippen MR) is 196 cm³/mol. The Kier molecular flexibility index (Phi) is 13.2. The third-order valence-electron chi connectivity index (χ3n) is 9.35. The summed E-state index contributed by atoms with van der Waals surface area (Å²) >= 11 is 0. The quantitative estimate of drug-likeness (QED) is 0.0990. The molecule has 0 spiro atoms. The summed E-state index contributed by atoms with van der Waals surface area (Å²) in [6.45, 7) is 2.54. The number of carbonyl (C=O) groups is 4. The average molecular weight is 713 g/mol. The third-order valence-corrected chi connectivity index (χ3v) is 9.35. The van der Waals surface area contributed by atoms with Gasteiger partial charge in [0.15, 0.2) is 0 Å². The highest BCUT2D eigenvalue weighted by Crippen LogP contribution is 2.20. The van der Waals surface area contributed by atoms with E-state index < -0.39 is 35.8 Å². The molecule has 0 unspecified atom stereocenters. The first-order valence-corrected chi connectivity index (χ1v) is 17.9. The Balaban J connectivity index is 1.47. The van der Waals surface area contributed by atoms with Crippen molar-refractivity contribution >= 4 is 34.5 Å². The molecule has 4 aromatic rings. The molecule has 2 aliphatic rings. The van der Waals surface area contributed by atoms with Crippen LogP contribution in [0.2, 0.25) is 0 Å². The van der Waals surface area contributed by atoms with Crippen LogP contribution in [0.15, 0.2) is 59.5 Å². The number of aryl methyl sites for hydroxylation is 3. The number of nitrogens with one attached hydrogen (secondary N) is 6. The van der Waals surface area contributed by atoms with Crippen molar-refractivity contribution in [2.45, 2.75) is 89.3 Å². The molecular formula is C38H48N8O6. The number of rotatable bonds is 8. The number of benzene rings is 2. The number of amides is 4. The predicted octanol–water partition coefficient (Wildman–Crippen LogP) is 1.72. The van der Waals surface area contributed by atoms with E-state index in [1.165, 1.54) is 12.1 Å². The summed E-state index contributed by atoms with van der Waals surface area (Å²) in [5.41, 5.74) is 9.22. The fraction of sp³-hybridized carbons (Fsp3) is 0.421. The molecule has 0 radical (unpaired) electrons. The van der Waals surface area contributed by atoms with E-state index in [0.29, 0.717) is 74.3 Å². The number of fused-ring (bicyclic) bond motifs is 19. The van der Waals surface area contributed by atoms with Crippen molar-refractivity contribution < 1.29 is 24.3 Å². The lowest BCUT2D eigenvalue weighted by Gasteiger charge is -2.26. The van der Waals surface area contributed by atoms with Crippen molar-refractivity contribution in [3.63, 3.8) is 0 Å². The highest BCUT2D eigenvalue weighted by atomic mass is 16.3. The molecule has 6 rings (SSSR count). The maximum atomic E-state index is 14.1. The van der Waals surface area contributed by atoms with Crippen molar-refractivity contribution in [1.29, 1.82) is 0 Å². The second kappa shape index (κ2) is 18.1. The van der Waals surface area contributed by atoms with Crippen LogP contribution >= 0.6 is 0 Å². The highest BCUT2D eigenvalue weighted by Gasteiger charge is 2.31. The number of para-hydroxylation sites is 1. The summed E-state index contributed by atoms with van der Waals surface area (Å²) in [6.07, 6.45) is 5.31. The second-order valence-corrected chi connectivity index (χ2v) is 13.3. The first-order valence-electron chi connectivity index (χ1n) is 17.9. The van der Waals surface area contributed by atoms with Crippen LogP contribution in [0.1, 0.15) is 66.7 Å². The van der Waals surface area contributed by atoms with Gasteiger partial charge in [-0.15, -0.1) is 0 Å². The summed E-state index contributed by atoms with van der Waals surface area (Å²) in [5.74, 6) is -1.90. The normalized spacial score (nSPS) is 19.7. The van der Waals surface area contributed by atoms with E-state index in [-0.39, 0.29) is 42.9 Å². The van der Waals surface area contributed by atoms with Crippen LogP contribution in [-0.4, -0.2) is 74.9 Å². The fourth-order valence-corrected chi connectivity index (χ4v) is 6.40. The minimum absolute atomic E-state index is 0.0331. The Morgan fingerprint density at radius 1 is 0.808 bits per heavy atom. The summed E-state index contributed by atoms with van der Waals surface area (Å²) in [5, 5.41) is 22.2. The number of unbranched alkanes of at least 4 members (excludes halogenated alkanes) is 1. The molecule has 0 saturated carbocycles. The minimum Gasteiger partial charge on any atom is -0.508 e. The zero-order chi connectivity index (χ0) is 37.0. The lowest BCUT2D eigenvalue weighted by molar-refractivity contribution is -0.133. The topological polar surface area (TPSA) is 224 Å². The highest BCUT2D eigenvalue weighted by molar-refractivity contribution is 5.95. The molecule has 14 nitrogen and oxygen atoms in total. The molecule has 14 heteroatoms. The van der Waals surface area contributed by atoms with Gasteiger partial charge in [0.1, 0.15) is 29.6 Å². The van der Waals surface area contributed by atoms with E-state index in [2.05, 4.69) is 36.2 Å². The van der Waals surface area contributed by atoms with Gasteiger partial charge in [-0.25, -0.2) is 0 Å². The number of hydrogen-bond acceptors (Lipinski definition) is 8. The summed E-state index contributed by atoms with van der Waals surface area (Å²) in [6, 6.07) is 10.8. The number of phenolic OH excluding ortho intramolecular Hbond substituents is 1. The number of H-pyrrole nitrogens is 2. The largest absolute Gasteiger partial charge is 0.508 e. The molecule has 0 aliphatic carbocycles. The van der Waals surface area contributed by atoms with Gasteiger partial charge in [0.25, 0.3) is 5.56 Å². The van der Waals surface area contributed by atoms with Crippen LogP contribution in [-0.2, 0) is 44.9 Å². The van der Waals surface area contributed by atoms with Gasteiger partial charge in [-0.05, 0) is 87.7 Å². The maximum Gasteiger partial charge on any atom is 0.269 e. The van der Waals surface area contributed by atoms with E-state index in [0.717, 1.165) is 16.5 Å². The Hall–Kier alpha value is -5.50. The van der Waals surface area contributed by atoms with E-state index in [1.807, 2.05) is 24.3 Å². The van der Waals surface area contributed by atoms with Gasteiger partial charge in [0, 0.05) is 48.6 Å². The molecule has 4 amide bonds. The fourth-order valence-electron chi connectivity index (χ4n) is 6.40. The van der Waals surface area contributed by atoms with E-state index in [9.17, 15) is 29.1 Å². The van der Waals surface area contributed by atoms with E-state index in [1.54, 1.807) is 25.3 Å². The van der Waals surface area contributed by atoms with E-state index >= 15 is 0 Å². The van der Waals surface area contributed by atoms with Crippen LogP contribution in [0.4, 0.5) is 0 Å². The van der Waals surface area contributed by atoms with Gasteiger partial charge < -0.3 is 42.1 Å². The smallest absolute Gasteiger partial charge is 0.269 e. The van der Waals surface area contributed by atoms with Crippen molar-refractivity contribution in [2.24, 2.45) is 5.73 Å². The molecule has 2 aliphatic heterocycles. The molecule has 9 N–H and O–H groups in total. The first-order chi connectivity index (χ1) is 25.1. The van der Waals surface area contributed by atoms with Crippen molar-refractivity contribution in [1.82, 2.24) is 36.2 Å². The van der Waals surface area contributed by atoms with E-state index in [4.69, 9.17) is 5.73 Å². The number of nitrogens with two attached hydrogens (primary N) is 1. The lowest BCUT2D eigenvalue weighted by Crippen LogP contribution is -2.57. The summed E-state index contributed by atoms with van der Waals surface area (Å²) < 4.78 is 0. The van der Waals surface area contributed by atoms with Crippen LogP contribution in [0.5, 0.6) is 5.75 Å². The molecular weight excluding hydrogens is 664 g/mol. The number of phenols is 1. The average Bonchev–Trinajstić information content (AvgIpc) is 3.54. The Morgan fingerprint density at radius 2 is 1.54 bits per heavy atom. The summed E-state index contributed by atoms with van der Waals surface area (Å²) in [4.78, 5) is 78.5. The second-order valence-electron chi connectivity index (χ2n) is 13.3. The standard InChI is InChI=1S/C38H48N8O6/c1-23-28-16-17-34(48)43-32(20-24-12-14-26(47)15-13-24)37(51)46-33(21-25-22-41-29-9-3-2-8-27(25)29)38(52)45-30(10-4-6-18-39)35(49)40-19-7-5-11-31(42-23)36(50)44-28/h2-3,8-9,12-15,22,30,32-33,41,47H,4-7,10-11,16-21,39H2,1H3,(H,40,49)(H,43,48)(H,44,50)(H,45,52)(H,46,51)/t30-,32-,33+/m1/s1. The van der Waals surface area contributed by atoms with Gasteiger partial charge in [-0.3, -0.25) is 29.0 Å².